The Kier molecular flexibility index (Phi) is 4.97. The van der Waals surface area contributed by atoms with E-state index in [1.807, 2.05) is 31.2 Å². The van der Waals surface area contributed by atoms with Crippen LogP contribution in [0, 0.1) is 0 Å². The fraction of sp³-hybridized carbons (Fsp3) is 0.316. The molecule has 0 bridgehead atoms. The zero-order valence-electron chi connectivity index (χ0n) is 14.6. The Labute approximate surface area is 158 Å². The highest BCUT2D eigenvalue weighted by Crippen LogP contribution is 2.34. The number of halogens is 1. The highest BCUT2D eigenvalue weighted by Gasteiger charge is 2.32. The van der Waals surface area contributed by atoms with E-state index in [1.165, 1.54) is 11.1 Å². The number of nitrogens with one attached hydrogen (secondary N) is 3. The molecule has 0 radical (unpaired) electrons. The summed E-state index contributed by atoms with van der Waals surface area (Å²) in [5.41, 5.74) is 12.5. The molecule has 0 saturated carbocycles. The minimum absolute atomic E-state index is 0.0487. The van der Waals surface area contributed by atoms with Gasteiger partial charge in [0.2, 0.25) is 0 Å². The molecule has 1 unspecified atom stereocenters. The van der Waals surface area contributed by atoms with Crippen molar-refractivity contribution in [2.24, 2.45) is 5.10 Å². The van der Waals surface area contributed by atoms with E-state index in [-0.39, 0.29) is 6.04 Å². The van der Waals surface area contributed by atoms with E-state index >= 15 is 0 Å². The van der Waals surface area contributed by atoms with Crippen molar-refractivity contribution in [1.29, 1.82) is 0 Å². The number of benzene rings is 2. The number of para-hydroxylation sites is 1. The van der Waals surface area contributed by atoms with Crippen LogP contribution >= 0.6 is 11.6 Å². The fourth-order valence-electron chi connectivity index (χ4n) is 3.62. The highest BCUT2D eigenvalue weighted by atomic mass is 35.5. The van der Waals surface area contributed by atoms with E-state index in [1.54, 1.807) is 0 Å². The third-order valence-corrected chi connectivity index (χ3v) is 5.01. The molecule has 2 aliphatic rings. The quantitative estimate of drug-likeness (QED) is 0.754. The maximum atomic E-state index is 6.22. The SMILES string of the molecule is CCOc1ccccc1C(C1=NNNN1)N1CCc2ccc(Cl)cc2C1. The van der Waals surface area contributed by atoms with Crippen molar-refractivity contribution in [1.82, 2.24) is 21.4 Å². The Balaban J connectivity index is 1.71. The first kappa shape index (κ1) is 17.1. The summed E-state index contributed by atoms with van der Waals surface area (Å²) in [6.45, 7) is 4.36. The predicted octanol–water partition coefficient (Wildman–Crippen LogP) is 2.76. The highest BCUT2D eigenvalue weighted by molar-refractivity contribution is 6.30. The lowest BCUT2D eigenvalue weighted by atomic mass is 9.95. The Hall–Kier alpha value is -2.28. The molecule has 4 rings (SSSR count). The van der Waals surface area contributed by atoms with Crippen molar-refractivity contribution < 1.29 is 4.74 Å². The van der Waals surface area contributed by atoms with Crippen LogP contribution in [0.3, 0.4) is 0 Å². The van der Waals surface area contributed by atoms with Gasteiger partial charge < -0.3 is 4.74 Å². The summed E-state index contributed by atoms with van der Waals surface area (Å²) in [5.74, 6) is 1.70. The Morgan fingerprint density at radius 2 is 2.12 bits per heavy atom. The molecule has 0 aromatic heterocycles. The van der Waals surface area contributed by atoms with Gasteiger partial charge in [-0.25, -0.2) is 5.53 Å². The fourth-order valence-corrected chi connectivity index (χ4v) is 3.81. The zero-order valence-corrected chi connectivity index (χ0v) is 15.4. The smallest absolute Gasteiger partial charge is 0.161 e. The van der Waals surface area contributed by atoms with Gasteiger partial charge in [0.15, 0.2) is 5.84 Å². The number of amidine groups is 1. The molecule has 0 fully saturated rings. The first-order chi connectivity index (χ1) is 12.8. The van der Waals surface area contributed by atoms with Crippen molar-refractivity contribution in [3.8, 4) is 5.75 Å². The van der Waals surface area contributed by atoms with Gasteiger partial charge in [0.25, 0.3) is 0 Å². The summed E-state index contributed by atoms with van der Waals surface area (Å²) in [4.78, 5) is 2.40. The lowest BCUT2D eigenvalue weighted by molar-refractivity contribution is 0.216. The predicted molar refractivity (Wildman–Crippen MR) is 103 cm³/mol. The summed E-state index contributed by atoms with van der Waals surface area (Å²) in [6.07, 6.45) is 0.980. The topological polar surface area (TPSA) is 60.9 Å². The van der Waals surface area contributed by atoms with Gasteiger partial charge in [-0.2, -0.15) is 0 Å². The van der Waals surface area contributed by atoms with Gasteiger partial charge in [0.05, 0.1) is 6.61 Å². The lowest BCUT2D eigenvalue weighted by Gasteiger charge is -2.36. The van der Waals surface area contributed by atoms with Crippen LogP contribution in [0.2, 0.25) is 5.02 Å². The third-order valence-electron chi connectivity index (χ3n) is 4.77. The van der Waals surface area contributed by atoms with Crippen LogP contribution in [0.25, 0.3) is 0 Å². The molecule has 6 nitrogen and oxygen atoms in total. The summed E-state index contributed by atoms with van der Waals surface area (Å²) in [6, 6.07) is 14.3. The maximum Gasteiger partial charge on any atom is 0.161 e. The van der Waals surface area contributed by atoms with Gasteiger partial charge in [-0.15, -0.1) is 10.6 Å². The van der Waals surface area contributed by atoms with E-state index in [9.17, 15) is 0 Å². The number of nitrogens with zero attached hydrogens (tertiary/aromatic N) is 2. The van der Waals surface area contributed by atoms with Crippen LogP contribution in [-0.2, 0) is 13.0 Å². The van der Waals surface area contributed by atoms with E-state index in [0.717, 1.165) is 41.7 Å². The molecular formula is C19H22ClN5O. The van der Waals surface area contributed by atoms with E-state index < -0.39 is 0 Å². The lowest BCUT2D eigenvalue weighted by Crippen LogP contribution is -2.44. The Morgan fingerprint density at radius 1 is 1.23 bits per heavy atom. The average Bonchev–Trinajstić information content (AvgIpc) is 3.17. The van der Waals surface area contributed by atoms with Gasteiger partial charge in [-0.1, -0.05) is 35.9 Å². The second kappa shape index (κ2) is 7.53. The molecular weight excluding hydrogens is 350 g/mol. The van der Waals surface area contributed by atoms with Crippen molar-refractivity contribution in [3.05, 3.63) is 64.2 Å². The summed E-state index contributed by atoms with van der Waals surface area (Å²) in [7, 11) is 0. The van der Waals surface area contributed by atoms with Crippen LogP contribution in [-0.4, -0.2) is 23.9 Å². The number of ether oxygens (including phenoxy) is 1. The van der Waals surface area contributed by atoms with Gasteiger partial charge in [0.1, 0.15) is 11.8 Å². The van der Waals surface area contributed by atoms with Crippen LogP contribution < -0.4 is 21.2 Å². The van der Waals surface area contributed by atoms with Crippen LogP contribution in [0.4, 0.5) is 0 Å². The Bertz CT molecular complexity index is 825. The molecule has 0 spiro atoms. The first-order valence-corrected chi connectivity index (χ1v) is 9.20. The van der Waals surface area contributed by atoms with Crippen LogP contribution in [0.1, 0.15) is 29.7 Å². The summed E-state index contributed by atoms with van der Waals surface area (Å²) in [5, 5.41) is 5.16. The summed E-state index contributed by atoms with van der Waals surface area (Å²) >= 11 is 6.22. The first-order valence-electron chi connectivity index (χ1n) is 8.83. The minimum atomic E-state index is -0.0487. The van der Waals surface area contributed by atoms with Gasteiger partial charge >= 0.3 is 0 Å². The summed E-state index contributed by atoms with van der Waals surface area (Å²) < 4.78 is 5.89. The molecule has 0 saturated heterocycles. The number of hydrogen-bond donors (Lipinski definition) is 3. The average molecular weight is 372 g/mol. The number of hydrogen-bond acceptors (Lipinski definition) is 6. The number of rotatable bonds is 5. The van der Waals surface area contributed by atoms with Crippen molar-refractivity contribution in [3.63, 3.8) is 0 Å². The molecule has 0 amide bonds. The number of fused-ring (bicyclic) bond motifs is 1. The molecule has 2 aromatic rings. The second-order valence-corrected chi connectivity index (χ2v) is 6.80. The molecule has 7 heteroatoms. The zero-order chi connectivity index (χ0) is 17.9. The molecule has 0 aliphatic carbocycles. The molecule has 1 atom stereocenters. The number of hydrazone groups is 1. The monoisotopic (exact) mass is 371 g/mol. The largest absolute Gasteiger partial charge is 0.494 e. The molecule has 2 aromatic carbocycles. The standard InChI is InChI=1S/C19H22ClN5O/c1-2-26-17-6-4-3-5-16(17)18(19-21-23-24-22-19)25-10-9-13-7-8-15(20)11-14(13)12-25/h3-8,11,18,23-24H,2,9-10,12H2,1H3,(H,21,22). The van der Waals surface area contributed by atoms with E-state index in [2.05, 4.69) is 44.7 Å². The molecule has 2 heterocycles. The normalized spacial score (nSPS) is 17.7. The van der Waals surface area contributed by atoms with Crippen molar-refractivity contribution in [2.75, 3.05) is 13.2 Å². The molecule has 3 N–H and O–H groups in total. The van der Waals surface area contributed by atoms with Crippen molar-refractivity contribution in [2.45, 2.75) is 25.9 Å². The van der Waals surface area contributed by atoms with E-state index in [4.69, 9.17) is 16.3 Å². The number of hydrazine groups is 2. The molecule has 26 heavy (non-hydrogen) atoms. The Morgan fingerprint density at radius 3 is 2.92 bits per heavy atom. The maximum absolute atomic E-state index is 6.22. The third kappa shape index (κ3) is 3.35. The van der Waals surface area contributed by atoms with Gasteiger partial charge in [-0.3, -0.25) is 10.3 Å². The minimum Gasteiger partial charge on any atom is -0.494 e. The molecule has 2 aliphatic heterocycles. The van der Waals surface area contributed by atoms with Gasteiger partial charge in [0, 0.05) is 23.7 Å². The van der Waals surface area contributed by atoms with Crippen LogP contribution in [0.5, 0.6) is 5.75 Å². The second-order valence-electron chi connectivity index (χ2n) is 6.37. The van der Waals surface area contributed by atoms with Crippen LogP contribution in [0.15, 0.2) is 47.6 Å². The van der Waals surface area contributed by atoms with Crippen molar-refractivity contribution >= 4 is 17.4 Å². The van der Waals surface area contributed by atoms with E-state index in [0.29, 0.717) is 6.61 Å². The van der Waals surface area contributed by atoms with Gasteiger partial charge in [-0.05, 0) is 42.7 Å². The molecule has 136 valence electrons.